The van der Waals surface area contributed by atoms with Crippen LogP contribution in [-0.4, -0.2) is 16.7 Å². The highest BCUT2D eigenvalue weighted by atomic mass is 16.5. The third-order valence-electron chi connectivity index (χ3n) is 4.16. The largest absolute Gasteiger partial charge is 0.339 e. The maximum atomic E-state index is 5.71. The first-order chi connectivity index (χ1) is 8.72. The van der Waals surface area contributed by atoms with E-state index in [1.807, 2.05) is 0 Å². The van der Waals surface area contributed by atoms with Crippen molar-refractivity contribution in [1.29, 1.82) is 0 Å². The molecular weight excluding hydrogens is 226 g/mol. The molecule has 0 bridgehead atoms. The molecule has 18 heavy (non-hydrogen) atoms. The first-order valence-corrected chi connectivity index (χ1v) is 7.25. The molecule has 1 heterocycles. The molecule has 0 spiro atoms. The van der Waals surface area contributed by atoms with Gasteiger partial charge in [0, 0.05) is 12.3 Å². The molecule has 0 aliphatic heterocycles. The van der Waals surface area contributed by atoms with Gasteiger partial charge in [-0.25, -0.2) is 0 Å². The van der Waals surface area contributed by atoms with Gasteiger partial charge < -0.3 is 10.3 Å². The van der Waals surface area contributed by atoms with E-state index >= 15 is 0 Å². The van der Waals surface area contributed by atoms with Crippen LogP contribution in [0.5, 0.6) is 0 Å². The lowest BCUT2D eigenvalue weighted by atomic mass is 9.82. The third kappa shape index (κ3) is 3.31. The van der Waals surface area contributed by atoms with Gasteiger partial charge in [0.1, 0.15) is 0 Å². The van der Waals surface area contributed by atoms with Crippen molar-refractivity contribution in [3.05, 3.63) is 11.7 Å². The van der Waals surface area contributed by atoms with Crippen molar-refractivity contribution in [2.24, 2.45) is 17.6 Å². The highest BCUT2D eigenvalue weighted by Crippen LogP contribution is 2.34. The van der Waals surface area contributed by atoms with E-state index in [4.69, 9.17) is 10.3 Å². The van der Waals surface area contributed by atoms with Crippen molar-refractivity contribution in [3.8, 4) is 0 Å². The Hall–Kier alpha value is -0.900. The summed E-state index contributed by atoms with van der Waals surface area (Å²) in [6, 6.07) is 0. The minimum atomic E-state index is 0.462. The van der Waals surface area contributed by atoms with E-state index in [-0.39, 0.29) is 0 Å². The molecule has 1 aromatic heterocycles. The van der Waals surface area contributed by atoms with Crippen LogP contribution in [0.15, 0.2) is 4.52 Å². The Kier molecular flexibility index (Phi) is 4.75. The first kappa shape index (κ1) is 13.5. The van der Waals surface area contributed by atoms with E-state index in [9.17, 15) is 0 Å². The summed E-state index contributed by atoms with van der Waals surface area (Å²) in [5.74, 6) is 3.44. The number of aromatic nitrogens is 2. The van der Waals surface area contributed by atoms with Crippen LogP contribution in [0.1, 0.15) is 63.6 Å². The molecule has 1 aromatic rings. The van der Waals surface area contributed by atoms with Gasteiger partial charge in [-0.2, -0.15) is 4.98 Å². The quantitative estimate of drug-likeness (QED) is 0.874. The second kappa shape index (κ2) is 6.32. The van der Waals surface area contributed by atoms with Gasteiger partial charge in [0.05, 0.1) is 0 Å². The van der Waals surface area contributed by atoms with Crippen LogP contribution in [0.25, 0.3) is 0 Å². The van der Waals surface area contributed by atoms with Crippen LogP contribution >= 0.6 is 0 Å². The Morgan fingerprint density at radius 2 is 2.28 bits per heavy atom. The lowest BCUT2D eigenvalue weighted by molar-refractivity contribution is 0.315. The van der Waals surface area contributed by atoms with Crippen LogP contribution in [-0.2, 0) is 6.42 Å². The monoisotopic (exact) mass is 251 g/mol. The SMILES string of the molecule is CCC(CN)Cc1nc(C2CCCC(C)C2)no1. The number of rotatable bonds is 5. The molecule has 1 aliphatic carbocycles. The number of hydrogen-bond donors (Lipinski definition) is 1. The molecule has 3 unspecified atom stereocenters. The molecule has 3 atom stereocenters. The normalized spacial score (nSPS) is 26.2. The fourth-order valence-corrected chi connectivity index (χ4v) is 2.83. The van der Waals surface area contributed by atoms with Gasteiger partial charge >= 0.3 is 0 Å². The maximum Gasteiger partial charge on any atom is 0.226 e. The van der Waals surface area contributed by atoms with Crippen LogP contribution in [0, 0.1) is 11.8 Å². The van der Waals surface area contributed by atoms with Gasteiger partial charge in [0.15, 0.2) is 5.82 Å². The number of hydrogen-bond acceptors (Lipinski definition) is 4. The summed E-state index contributed by atoms with van der Waals surface area (Å²) >= 11 is 0. The van der Waals surface area contributed by atoms with Gasteiger partial charge in [0.25, 0.3) is 0 Å². The zero-order chi connectivity index (χ0) is 13.0. The van der Waals surface area contributed by atoms with E-state index in [0.717, 1.165) is 30.5 Å². The summed E-state index contributed by atoms with van der Waals surface area (Å²) in [5.41, 5.74) is 5.71. The average molecular weight is 251 g/mol. The van der Waals surface area contributed by atoms with Crippen molar-refractivity contribution in [3.63, 3.8) is 0 Å². The molecule has 0 amide bonds. The average Bonchev–Trinajstić information content (AvgIpc) is 2.84. The molecule has 0 saturated heterocycles. The molecule has 1 saturated carbocycles. The zero-order valence-electron chi connectivity index (χ0n) is 11.6. The first-order valence-electron chi connectivity index (χ1n) is 7.25. The Morgan fingerprint density at radius 3 is 2.94 bits per heavy atom. The van der Waals surface area contributed by atoms with Crippen molar-refractivity contribution < 1.29 is 4.52 Å². The van der Waals surface area contributed by atoms with Crippen LogP contribution in [0.3, 0.4) is 0 Å². The summed E-state index contributed by atoms with van der Waals surface area (Å²) in [4.78, 5) is 4.57. The van der Waals surface area contributed by atoms with Crippen molar-refractivity contribution >= 4 is 0 Å². The van der Waals surface area contributed by atoms with Gasteiger partial charge in [-0.3, -0.25) is 0 Å². The highest BCUT2D eigenvalue weighted by Gasteiger charge is 2.24. The Bertz CT molecular complexity index is 360. The predicted octanol–water partition coefficient (Wildman–Crippen LogP) is 2.89. The lowest BCUT2D eigenvalue weighted by Crippen LogP contribution is -2.16. The number of nitrogens with zero attached hydrogens (tertiary/aromatic N) is 2. The topological polar surface area (TPSA) is 64.9 Å². The molecule has 2 rings (SSSR count). The van der Waals surface area contributed by atoms with Gasteiger partial charge in [-0.1, -0.05) is 38.3 Å². The number of nitrogens with two attached hydrogens (primary N) is 1. The lowest BCUT2D eigenvalue weighted by Gasteiger charge is -2.23. The fraction of sp³-hybridized carbons (Fsp3) is 0.857. The third-order valence-corrected chi connectivity index (χ3v) is 4.16. The summed E-state index contributed by atoms with van der Waals surface area (Å²) in [7, 11) is 0. The minimum Gasteiger partial charge on any atom is -0.339 e. The van der Waals surface area contributed by atoms with Crippen LogP contribution < -0.4 is 5.73 Å². The van der Waals surface area contributed by atoms with Gasteiger partial charge in [-0.05, 0) is 31.2 Å². The summed E-state index contributed by atoms with van der Waals surface area (Å²) < 4.78 is 5.37. The molecule has 1 aliphatic rings. The zero-order valence-corrected chi connectivity index (χ0v) is 11.6. The van der Waals surface area contributed by atoms with Crippen LogP contribution in [0.2, 0.25) is 0 Å². The molecule has 4 nitrogen and oxygen atoms in total. The molecular formula is C14H25N3O. The van der Waals surface area contributed by atoms with Crippen molar-refractivity contribution in [2.75, 3.05) is 6.54 Å². The Labute approximate surface area is 109 Å². The van der Waals surface area contributed by atoms with E-state index in [1.165, 1.54) is 25.7 Å². The molecule has 1 fully saturated rings. The molecule has 102 valence electrons. The second-order valence-corrected chi connectivity index (χ2v) is 5.73. The standard InChI is InChI=1S/C14H25N3O/c1-3-11(9-15)8-13-16-14(17-18-13)12-6-4-5-10(2)7-12/h10-12H,3-9,15H2,1-2H3. The maximum absolute atomic E-state index is 5.71. The summed E-state index contributed by atoms with van der Waals surface area (Å²) in [6.45, 7) is 5.15. The minimum absolute atomic E-state index is 0.462. The Balaban J connectivity index is 1.96. The Morgan fingerprint density at radius 1 is 1.44 bits per heavy atom. The molecule has 0 aromatic carbocycles. The van der Waals surface area contributed by atoms with E-state index in [0.29, 0.717) is 18.4 Å². The predicted molar refractivity (Wildman–Crippen MR) is 71.2 cm³/mol. The molecule has 2 N–H and O–H groups in total. The van der Waals surface area contributed by atoms with Crippen molar-refractivity contribution in [1.82, 2.24) is 10.1 Å². The second-order valence-electron chi connectivity index (χ2n) is 5.73. The molecule has 0 radical (unpaired) electrons. The van der Waals surface area contributed by atoms with Gasteiger partial charge in [0.2, 0.25) is 5.89 Å². The highest BCUT2D eigenvalue weighted by molar-refractivity contribution is 4.98. The van der Waals surface area contributed by atoms with E-state index in [1.54, 1.807) is 0 Å². The molecule has 4 heteroatoms. The van der Waals surface area contributed by atoms with Gasteiger partial charge in [-0.15, -0.1) is 0 Å². The van der Waals surface area contributed by atoms with Crippen molar-refractivity contribution in [2.45, 2.75) is 58.3 Å². The smallest absolute Gasteiger partial charge is 0.226 e. The fourth-order valence-electron chi connectivity index (χ4n) is 2.83. The van der Waals surface area contributed by atoms with Crippen LogP contribution in [0.4, 0.5) is 0 Å². The summed E-state index contributed by atoms with van der Waals surface area (Å²) in [6.07, 6.45) is 6.92. The van der Waals surface area contributed by atoms with E-state index < -0.39 is 0 Å². The van der Waals surface area contributed by atoms with E-state index in [2.05, 4.69) is 24.0 Å². The summed E-state index contributed by atoms with van der Waals surface area (Å²) in [5, 5.41) is 4.17.